The molecule has 0 aromatic heterocycles. The van der Waals surface area contributed by atoms with Crippen molar-refractivity contribution in [2.45, 2.75) is 51.7 Å². The van der Waals surface area contributed by atoms with Gasteiger partial charge in [0.1, 0.15) is 6.04 Å². The molecule has 3 aromatic carbocycles. The zero-order valence-corrected chi connectivity index (χ0v) is 23.5. The first kappa shape index (κ1) is 27.8. The summed E-state index contributed by atoms with van der Waals surface area (Å²) in [4.78, 5) is 44.6. The van der Waals surface area contributed by atoms with Crippen molar-refractivity contribution < 1.29 is 19.1 Å². The molecular weight excluding hydrogens is 504 g/mol. The summed E-state index contributed by atoms with van der Waals surface area (Å²) in [5.74, 6) is -0.335. The second-order valence-electron chi connectivity index (χ2n) is 10.8. The summed E-state index contributed by atoms with van der Waals surface area (Å²) in [6.07, 6.45) is 2.06. The van der Waals surface area contributed by atoms with Crippen LogP contribution in [0.5, 0.6) is 0 Å². The minimum atomic E-state index is -0.898. The summed E-state index contributed by atoms with van der Waals surface area (Å²) in [6, 6.07) is 18.5. The van der Waals surface area contributed by atoms with Crippen LogP contribution in [-0.4, -0.2) is 56.6 Å². The Bertz CT molecular complexity index is 1400. The number of hydrogen-bond acceptors (Lipinski definition) is 5. The topological polar surface area (TPSA) is 91.0 Å². The number of aryl methyl sites for hydroxylation is 1. The van der Waals surface area contributed by atoms with Gasteiger partial charge in [-0.05, 0) is 73.7 Å². The highest BCUT2D eigenvalue weighted by Gasteiger charge is 2.38. The molecule has 2 N–H and O–H groups in total. The summed E-state index contributed by atoms with van der Waals surface area (Å²) in [5.41, 5.74) is 3.46. The summed E-state index contributed by atoms with van der Waals surface area (Å²) < 4.78 is 5.49. The lowest BCUT2D eigenvalue weighted by atomic mass is 9.95. The average molecular weight is 543 g/mol. The van der Waals surface area contributed by atoms with E-state index >= 15 is 0 Å². The normalized spacial score (nSPS) is 18.8. The molecule has 1 saturated heterocycles. The highest BCUT2D eigenvalue weighted by Crippen LogP contribution is 2.36. The first-order chi connectivity index (χ1) is 19.4. The number of para-hydroxylation sites is 2. The molecule has 0 spiro atoms. The highest BCUT2D eigenvalue weighted by molar-refractivity contribution is 6.08. The molecule has 2 aliphatic rings. The second kappa shape index (κ2) is 12.2. The number of ether oxygens (including phenoxy) is 1. The Balaban J connectivity index is 1.56. The minimum Gasteiger partial charge on any atom is -0.381 e. The number of benzene rings is 3. The Labute approximate surface area is 235 Å². The van der Waals surface area contributed by atoms with E-state index in [4.69, 9.17) is 4.74 Å². The molecule has 5 rings (SSSR count). The fourth-order valence-corrected chi connectivity index (χ4v) is 5.64. The zero-order chi connectivity index (χ0) is 28.2. The fraction of sp³-hybridized carbons (Fsp3) is 0.406. The van der Waals surface area contributed by atoms with Crippen LogP contribution >= 0.6 is 0 Å². The summed E-state index contributed by atoms with van der Waals surface area (Å²) in [7, 11) is 1.70. The zero-order valence-electron chi connectivity index (χ0n) is 23.5. The Kier molecular flexibility index (Phi) is 8.47. The van der Waals surface area contributed by atoms with Crippen LogP contribution in [0, 0.1) is 12.8 Å². The van der Waals surface area contributed by atoms with E-state index < -0.39 is 12.1 Å². The number of carbonyl (C=O) groups is 3. The Hall–Kier alpha value is -3.75. The van der Waals surface area contributed by atoms with Crippen molar-refractivity contribution in [1.82, 2.24) is 10.6 Å². The monoisotopic (exact) mass is 542 g/mol. The molecule has 1 fully saturated rings. The predicted molar refractivity (Wildman–Crippen MR) is 157 cm³/mol. The molecule has 40 heavy (non-hydrogen) atoms. The maximum absolute atomic E-state index is 14.3. The first-order valence-electron chi connectivity index (χ1n) is 14.1. The fourth-order valence-electron chi connectivity index (χ4n) is 5.64. The maximum Gasteiger partial charge on any atom is 0.251 e. The number of likely N-dealkylation sites (N-methyl/N-ethyl adjacent to an activating group) is 1. The van der Waals surface area contributed by atoms with Gasteiger partial charge in [-0.25, -0.2) is 0 Å². The number of nitrogens with zero attached hydrogens (tertiary/aromatic N) is 2. The molecule has 0 aliphatic carbocycles. The van der Waals surface area contributed by atoms with E-state index in [2.05, 4.69) is 34.9 Å². The van der Waals surface area contributed by atoms with Crippen molar-refractivity contribution in [2.75, 3.05) is 36.6 Å². The van der Waals surface area contributed by atoms with E-state index in [1.54, 1.807) is 23.8 Å². The van der Waals surface area contributed by atoms with Gasteiger partial charge in [0, 0.05) is 19.6 Å². The van der Waals surface area contributed by atoms with Crippen LogP contribution in [0.3, 0.4) is 0 Å². The third-order valence-corrected chi connectivity index (χ3v) is 8.23. The molecule has 2 aliphatic heterocycles. The average Bonchev–Trinajstić information content (AvgIpc) is 3.09. The van der Waals surface area contributed by atoms with Gasteiger partial charge in [0.15, 0.2) is 0 Å². The van der Waals surface area contributed by atoms with Gasteiger partial charge in [0.05, 0.1) is 30.5 Å². The summed E-state index contributed by atoms with van der Waals surface area (Å²) in [5, 5.41) is 8.06. The van der Waals surface area contributed by atoms with Crippen LogP contribution in [-0.2, 0) is 25.7 Å². The van der Waals surface area contributed by atoms with E-state index in [1.807, 2.05) is 43.3 Å². The van der Waals surface area contributed by atoms with E-state index in [-0.39, 0.29) is 30.2 Å². The third kappa shape index (κ3) is 5.74. The molecule has 2 heterocycles. The first-order valence-corrected chi connectivity index (χ1v) is 14.1. The largest absolute Gasteiger partial charge is 0.381 e. The molecule has 0 bridgehead atoms. The van der Waals surface area contributed by atoms with Gasteiger partial charge < -0.3 is 25.2 Å². The van der Waals surface area contributed by atoms with Crippen LogP contribution < -0.4 is 20.4 Å². The number of rotatable bonds is 7. The molecule has 2 atom stereocenters. The van der Waals surface area contributed by atoms with Gasteiger partial charge in [-0.1, -0.05) is 48.5 Å². The minimum absolute atomic E-state index is 0.0451. The molecular formula is C32H38N4O4. The smallest absolute Gasteiger partial charge is 0.251 e. The van der Waals surface area contributed by atoms with Crippen molar-refractivity contribution in [2.24, 2.45) is 5.92 Å². The number of carbonyl (C=O) groups excluding carboxylic acids is 3. The summed E-state index contributed by atoms with van der Waals surface area (Å²) >= 11 is 0. The van der Waals surface area contributed by atoms with Gasteiger partial charge >= 0.3 is 0 Å². The quantitative estimate of drug-likeness (QED) is 0.472. The standard InChI is InChI=1S/C32H38N4O4/c1-21-12-13-24-8-4-5-9-25(24)26(21)19-36-29-11-7-6-10-28(29)35(30(37)18-23-14-16-40-17-15-23)20-27(32(36)39)34-31(38)22(2)33-3/h4-13,22-23,27,33H,14-20H2,1-3H3,(H,34,38)/t22-,27-/m0/s1. The summed E-state index contributed by atoms with van der Waals surface area (Å²) in [6.45, 7) is 5.51. The lowest BCUT2D eigenvalue weighted by Crippen LogP contribution is -2.55. The number of hydrogen-bond donors (Lipinski definition) is 2. The van der Waals surface area contributed by atoms with Gasteiger partial charge in [0.25, 0.3) is 5.91 Å². The number of fused-ring (bicyclic) bond motifs is 2. The SMILES string of the molecule is CN[C@@H](C)C(=O)N[C@H]1CN(C(=O)CC2CCOCC2)c2ccccc2N(Cc2c(C)ccc3ccccc23)C1=O. The molecule has 0 saturated carbocycles. The number of anilines is 2. The van der Waals surface area contributed by atoms with Crippen molar-refractivity contribution in [1.29, 1.82) is 0 Å². The molecule has 210 valence electrons. The van der Waals surface area contributed by atoms with E-state index in [0.29, 0.717) is 37.6 Å². The number of nitrogens with one attached hydrogen (secondary N) is 2. The van der Waals surface area contributed by atoms with E-state index in [1.165, 1.54) is 0 Å². The molecule has 8 heteroatoms. The van der Waals surface area contributed by atoms with Crippen LogP contribution in [0.15, 0.2) is 60.7 Å². The van der Waals surface area contributed by atoms with Crippen molar-refractivity contribution in [3.05, 3.63) is 71.8 Å². The van der Waals surface area contributed by atoms with Crippen LogP contribution in [0.1, 0.15) is 37.3 Å². The second-order valence-corrected chi connectivity index (χ2v) is 10.8. The molecule has 3 amide bonds. The van der Waals surface area contributed by atoms with E-state index in [9.17, 15) is 14.4 Å². The van der Waals surface area contributed by atoms with Crippen LogP contribution in [0.2, 0.25) is 0 Å². The van der Waals surface area contributed by atoms with Crippen LogP contribution in [0.4, 0.5) is 11.4 Å². The molecule has 3 aromatic rings. The van der Waals surface area contributed by atoms with Gasteiger partial charge in [-0.3, -0.25) is 14.4 Å². The Morgan fingerprint density at radius 2 is 1.70 bits per heavy atom. The lowest BCUT2D eigenvalue weighted by molar-refractivity contribution is -0.128. The Morgan fingerprint density at radius 3 is 2.45 bits per heavy atom. The van der Waals surface area contributed by atoms with Crippen molar-refractivity contribution in [3.63, 3.8) is 0 Å². The van der Waals surface area contributed by atoms with Gasteiger partial charge in [0.2, 0.25) is 11.8 Å². The molecule has 0 radical (unpaired) electrons. The van der Waals surface area contributed by atoms with Crippen molar-refractivity contribution >= 4 is 39.9 Å². The van der Waals surface area contributed by atoms with Gasteiger partial charge in [-0.15, -0.1) is 0 Å². The predicted octanol–water partition coefficient (Wildman–Crippen LogP) is 3.94. The van der Waals surface area contributed by atoms with Crippen molar-refractivity contribution in [3.8, 4) is 0 Å². The lowest BCUT2D eigenvalue weighted by Gasteiger charge is -2.28. The molecule has 8 nitrogen and oxygen atoms in total. The van der Waals surface area contributed by atoms with Gasteiger partial charge in [-0.2, -0.15) is 0 Å². The Morgan fingerprint density at radius 1 is 1.00 bits per heavy atom. The molecule has 0 unspecified atom stereocenters. The third-order valence-electron chi connectivity index (χ3n) is 8.23. The maximum atomic E-state index is 14.3. The van der Waals surface area contributed by atoms with E-state index in [0.717, 1.165) is 34.7 Å². The van der Waals surface area contributed by atoms with Crippen LogP contribution in [0.25, 0.3) is 10.8 Å². The highest BCUT2D eigenvalue weighted by atomic mass is 16.5. The number of amides is 3.